The Morgan fingerprint density at radius 2 is 2.53 bits per heavy atom. The van der Waals surface area contributed by atoms with Crippen LogP contribution in [0.2, 0.25) is 0 Å². The lowest BCUT2D eigenvalue weighted by Gasteiger charge is -2.20. The van der Waals surface area contributed by atoms with Crippen LogP contribution in [0.5, 0.6) is 0 Å². The number of rotatable bonds is 2. The SMILES string of the molecule is CCOC(=O)[C@@H]1CN2CC(I)=CC=C2N1. The van der Waals surface area contributed by atoms with Crippen LogP contribution in [-0.2, 0) is 9.53 Å². The van der Waals surface area contributed by atoms with Crippen molar-refractivity contribution in [3.05, 3.63) is 21.6 Å². The number of halogens is 1. The van der Waals surface area contributed by atoms with Crippen molar-refractivity contribution in [2.75, 3.05) is 19.7 Å². The van der Waals surface area contributed by atoms with E-state index in [0.29, 0.717) is 13.2 Å². The van der Waals surface area contributed by atoms with Gasteiger partial charge in [-0.15, -0.1) is 0 Å². The summed E-state index contributed by atoms with van der Waals surface area (Å²) < 4.78 is 6.26. The molecular weight excluding hydrogens is 307 g/mol. The molecule has 2 heterocycles. The van der Waals surface area contributed by atoms with Gasteiger partial charge in [-0.3, -0.25) is 0 Å². The summed E-state index contributed by atoms with van der Waals surface area (Å²) in [5.41, 5.74) is 0. The van der Waals surface area contributed by atoms with E-state index in [4.69, 9.17) is 4.74 Å². The molecule has 1 N–H and O–H groups in total. The third-order valence-corrected chi connectivity index (χ3v) is 3.10. The number of hydrogen-bond acceptors (Lipinski definition) is 4. The average Bonchev–Trinajstić information content (AvgIpc) is 2.60. The second kappa shape index (κ2) is 4.42. The van der Waals surface area contributed by atoms with Gasteiger partial charge in [0.2, 0.25) is 0 Å². The highest BCUT2D eigenvalue weighted by Gasteiger charge is 2.32. The molecule has 1 atom stereocenters. The normalized spacial score (nSPS) is 23.9. The molecule has 0 aromatic rings. The minimum atomic E-state index is -0.216. The molecule has 15 heavy (non-hydrogen) atoms. The van der Waals surface area contributed by atoms with Crippen molar-refractivity contribution in [1.82, 2.24) is 10.2 Å². The maximum atomic E-state index is 11.5. The zero-order valence-corrected chi connectivity index (χ0v) is 10.7. The fourth-order valence-corrected chi connectivity index (χ4v) is 2.31. The van der Waals surface area contributed by atoms with Gasteiger partial charge in [0, 0.05) is 3.58 Å². The van der Waals surface area contributed by atoms with Gasteiger partial charge in [-0.25, -0.2) is 4.79 Å². The molecule has 0 bridgehead atoms. The largest absolute Gasteiger partial charge is 0.464 e. The first-order chi connectivity index (χ1) is 7.20. The first-order valence-electron chi connectivity index (χ1n) is 4.95. The first kappa shape index (κ1) is 10.8. The Morgan fingerprint density at radius 3 is 3.27 bits per heavy atom. The molecule has 2 aliphatic rings. The summed E-state index contributed by atoms with van der Waals surface area (Å²) in [5, 5.41) is 3.16. The van der Waals surface area contributed by atoms with Gasteiger partial charge in [0.1, 0.15) is 11.9 Å². The van der Waals surface area contributed by atoms with Crippen LogP contribution >= 0.6 is 22.6 Å². The van der Waals surface area contributed by atoms with E-state index in [2.05, 4.69) is 38.9 Å². The standard InChI is InChI=1S/C10H13IN2O2/c1-2-15-10(14)8-6-13-5-7(11)3-4-9(13)12-8/h3-4,8,12H,2,5-6H2,1H3/t8-/m0/s1. The summed E-state index contributed by atoms with van der Waals surface area (Å²) in [4.78, 5) is 13.7. The van der Waals surface area contributed by atoms with Crippen LogP contribution in [-0.4, -0.2) is 36.6 Å². The van der Waals surface area contributed by atoms with Crippen molar-refractivity contribution in [3.8, 4) is 0 Å². The molecule has 0 aliphatic carbocycles. The van der Waals surface area contributed by atoms with E-state index >= 15 is 0 Å². The van der Waals surface area contributed by atoms with Crippen molar-refractivity contribution in [3.63, 3.8) is 0 Å². The summed E-state index contributed by atoms with van der Waals surface area (Å²) >= 11 is 2.31. The number of esters is 1. The van der Waals surface area contributed by atoms with Crippen molar-refractivity contribution >= 4 is 28.6 Å². The van der Waals surface area contributed by atoms with Crippen LogP contribution in [0.15, 0.2) is 21.6 Å². The monoisotopic (exact) mass is 320 g/mol. The van der Waals surface area contributed by atoms with Crippen molar-refractivity contribution < 1.29 is 9.53 Å². The Balaban J connectivity index is 2.00. The van der Waals surface area contributed by atoms with Gasteiger partial charge in [-0.2, -0.15) is 0 Å². The van der Waals surface area contributed by atoms with Gasteiger partial charge in [0.05, 0.1) is 19.7 Å². The highest BCUT2D eigenvalue weighted by molar-refractivity contribution is 14.1. The van der Waals surface area contributed by atoms with Crippen LogP contribution in [0, 0.1) is 0 Å². The Bertz CT molecular complexity index is 338. The smallest absolute Gasteiger partial charge is 0.330 e. The second-order valence-corrected chi connectivity index (χ2v) is 4.88. The molecule has 4 nitrogen and oxygen atoms in total. The lowest BCUT2D eigenvalue weighted by atomic mass is 10.3. The van der Waals surface area contributed by atoms with Gasteiger partial charge < -0.3 is 15.0 Å². The fourth-order valence-electron chi connectivity index (χ4n) is 1.72. The first-order valence-corrected chi connectivity index (χ1v) is 6.03. The molecule has 1 saturated heterocycles. The van der Waals surface area contributed by atoms with Crippen molar-refractivity contribution in [2.45, 2.75) is 13.0 Å². The Hall–Kier alpha value is -0.720. The van der Waals surface area contributed by atoms with E-state index in [0.717, 1.165) is 12.4 Å². The van der Waals surface area contributed by atoms with Gasteiger partial charge in [0.15, 0.2) is 0 Å². The topological polar surface area (TPSA) is 41.6 Å². The number of allylic oxidation sites excluding steroid dienone is 2. The number of ether oxygens (including phenoxy) is 1. The van der Waals surface area contributed by atoms with Crippen molar-refractivity contribution in [2.24, 2.45) is 0 Å². The number of nitrogens with zero attached hydrogens (tertiary/aromatic N) is 1. The Labute approximate surface area is 102 Å². The molecule has 0 amide bonds. The predicted molar refractivity (Wildman–Crippen MR) is 65.3 cm³/mol. The Kier molecular flexibility index (Phi) is 3.18. The molecule has 0 aromatic heterocycles. The van der Waals surface area contributed by atoms with Gasteiger partial charge in [0.25, 0.3) is 0 Å². The molecule has 0 saturated carbocycles. The number of nitrogens with one attached hydrogen (secondary N) is 1. The molecule has 2 rings (SSSR count). The van der Waals surface area contributed by atoms with Gasteiger partial charge >= 0.3 is 5.97 Å². The van der Waals surface area contributed by atoms with Crippen LogP contribution in [0.4, 0.5) is 0 Å². The molecular formula is C10H13IN2O2. The maximum absolute atomic E-state index is 11.5. The molecule has 0 aromatic carbocycles. The van der Waals surface area contributed by atoms with Crippen LogP contribution < -0.4 is 5.32 Å². The molecule has 5 heteroatoms. The van der Waals surface area contributed by atoms with E-state index in [1.165, 1.54) is 3.58 Å². The number of fused-ring (bicyclic) bond motifs is 1. The van der Waals surface area contributed by atoms with Crippen LogP contribution in [0.3, 0.4) is 0 Å². The summed E-state index contributed by atoms with van der Waals surface area (Å²) in [6.07, 6.45) is 4.07. The quantitative estimate of drug-likeness (QED) is 0.609. The van der Waals surface area contributed by atoms with Crippen LogP contribution in [0.1, 0.15) is 6.92 Å². The molecule has 0 radical (unpaired) electrons. The minimum absolute atomic E-state index is 0.164. The number of carbonyl (C=O) groups is 1. The molecule has 2 aliphatic heterocycles. The van der Waals surface area contributed by atoms with E-state index in [-0.39, 0.29) is 12.0 Å². The van der Waals surface area contributed by atoms with Crippen molar-refractivity contribution in [1.29, 1.82) is 0 Å². The summed E-state index contributed by atoms with van der Waals surface area (Å²) in [6, 6.07) is -0.216. The highest BCUT2D eigenvalue weighted by atomic mass is 127. The van der Waals surface area contributed by atoms with E-state index in [9.17, 15) is 4.79 Å². The highest BCUT2D eigenvalue weighted by Crippen LogP contribution is 2.22. The third kappa shape index (κ3) is 2.27. The fraction of sp³-hybridized carbons (Fsp3) is 0.500. The summed E-state index contributed by atoms with van der Waals surface area (Å²) in [7, 11) is 0. The van der Waals surface area contributed by atoms with Crippen LogP contribution in [0.25, 0.3) is 0 Å². The lowest BCUT2D eigenvalue weighted by Crippen LogP contribution is -2.34. The van der Waals surface area contributed by atoms with Gasteiger partial charge in [-0.05, 0) is 41.7 Å². The number of carbonyl (C=O) groups excluding carboxylic acids is 1. The Morgan fingerprint density at radius 1 is 1.73 bits per heavy atom. The average molecular weight is 320 g/mol. The zero-order chi connectivity index (χ0) is 10.8. The number of hydrogen-bond donors (Lipinski definition) is 1. The van der Waals surface area contributed by atoms with Gasteiger partial charge in [-0.1, -0.05) is 0 Å². The maximum Gasteiger partial charge on any atom is 0.330 e. The zero-order valence-electron chi connectivity index (χ0n) is 8.50. The van der Waals surface area contributed by atoms with E-state index in [1.807, 2.05) is 13.0 Å². The predicted octanol–water partition coefficient (Wildman–Crippen LogP) is 0.997. The molecule has 0 unspecified atom stereocenters. The lowest BCUT2D eigenvalue weighted by molar-refractivity contribution is -0.144. The minimum Gasteiger partial charge on any atom is -0.464 e. The molecule has 82 valence electrons. The van der Waals surface area contributed by atoms with E-state index in [1.54, 1.807) is 0 Å². The molecule has 0 spiro atoms. The second-order valence-electron chi connectivity index (χ2n) is 3.49. The summed E-state index contributed by atoms with van der Waals surface area (Å²) in [5.74, 6) is 0.858. The summed E-state index contributed by atoms with van der Waals surface area (Å²) in [6.45, 7) is 3.84. The third-order valence-electron chi connectivity index (χ3n) is 2.40. The molecule has 1 fully saturated rings. The van der Waals surface area contributed by atoms with E-state index < -0.39 is 0 Å².